The van der Waals surface area contributed by atoms with E-state index in [-0.39, 0.29) is 12.2 Å². The Hall–Kier alpha value is -1.68. The van der Waals surface area contributed by atoms with Gasteiger partial charge in [0.1, 0.15) is 0 Å². The van der Waals surface area contributed by atoms with Gasteiger partial charge in [-0.15, -0.1) is 0 Å². The highest BCUT2D eigenvalue weighted by molar-refractivity contribution is 6.00. The standard InChI is InChI=1S/C15H21NO3/c1-10-5-6-12(9-11(10)2)15(19)13(16(3)4)7-8-14(17)18/h5-6,9,13H,7-8H2,1-4H3,(H,17,18). The molecule has 0 aromatic heterocycles. The molecule has 0 fully saturated rings. The first kappa shape index (κ1) is 15.4. The highest BCUT2D eigenvalue weighted by atomic mass is 16.4. The summed E-state index contributed by atoms with van der Waals surface area (Å²) in [6.07, 6.45) is 0.327. The van der Waals surface area contributed by atoms with Gasteiger partial charge < -0.3 is 5.11 Å². The number of aryl methyl sites for hydroxylation is 2. The Balaban J connectivity index is 2.92. The maximum absolute atomic E-state index is 12.4. The SMILES string of the molecule is Cc1ccc(C(=O)C(CCC(=O)O)N(C)C)cc1C. The van der Waals surface area contributed by atoms with Crippen LogP contribution in [-0.2, 0) is 4.79 Å². The topological polar surface area (TPSA) is 57.6 Å². The molecule has 0 saturated carbocycles. The quantitative estimate of drug-likeness (QED) is 0.800. The lowest BCUT2D eigenvalue weighted by atomic mass is 9.96. The van der Waals surface area contributed by atoms with Gasteiger partial charge in [-0.05, 0) is 51.6 Å². The average Bonchev–Trinajstić information content (AvgIpc) is 2.31. The molecule has 4 nitrogen and oxygen atoms in total. The Morgan fingerprint density at radius 2 is 1.84 bits per heavy atom. The van der Waals surface area contributed by atoms with Crippen LogP contribution in [0.2, 0.25) is 0 Å². The van der Waals surface area contributed by atoms with E-state index >= 15 is 0 Å². The van der Waals surface area contributed by atoms with Crippen LogP contribution in [0.4, 0.5) is 0 Å². The third-order valence-electron chi connectivity index (χ3n) is 3.35. The van der Waals surface area contributed by atoms with E-state index < -0.39 is 12.0 Å². The summed E-state index contributed by atoms with van der Waals surface area (Å²) >= 11 is 0. The van der Waals surface area contributed by atoms with Gasteiger partial charge in [0, 0.05) is 12.0 Å². The minimum Gasteiger partial charge on any atom is -0.481 e. The molecule has 0 heterocycles. The van der Waals surface area contributed by atoms with Crippen molar-refractivity contribution in [3.63, 3.8) is 0 Å². The van der Waals surface area contributed by atoms with Crippen LogP contribution >= 0.6 is 0 Å². The van der Waals surface area contributed by atoms with Crippen LogP contribution in [0.25, 0.3) is 0 Å². The van der Waals surface area contributed by atoms with Gasteiger partial charge in [0.15, 0.2) is 5.78 Å². The zero-order chi connectivity index (χ0) is 14.6. The summed E-state index contributed by atoms with van der Waals surface area (Å²) in [7, 11) is 3.59. The smallest absolute Gasteiger partial charge is 0.303 e. The lowest BCUT2D eigenvalue weighted by Gasteiger charge is -2.22. The second kappa shape index (κ2) is 6.48. The highest BCUT2D eigenvalue weighted by Gasteiger charge is 2.23. The summed E-state index contributed by atoms with van der Waals surface area (Å²) in [5, 5.41) is 8.75. The number of ketones is 1. The monoisotopic (exact) mass is 263 g/mol. The van der Waals surface area contributed by atoms with Crippen molar-refractivity contribution in [2.24, 2.45) is 0 Å². The number of carbonyl (C=O) groups excluding carboxylic acids is 1. The Morgan fingerprint density at radius 1 is 1.21 bits per heavy atom. The van der Waals surface area contributed by atoms with Crippen LogP contribution in [0.3, 0.4) is 0 Å². The number of carboxylic acid groups (broad SMARTS) is 1. The number of Topliss-reactive ketones (excluding diaryl/α,β-unsaturated/α-hetero) is 1. The Morgan fingerprint density at radius 3 is 2.32 bits per heavy atom. The summed E-state index contributed by atoms with van der Waals surface area (Å²) in [4.78, 5) is 24.9. The van der Waals surface area contributed by atoms with Crippen molar-refractivity contribution >= 4 is 11.8 Å². The lowest BCUT2D eigenvalue weighted by molar-refractivity contribution is -0.137. The predicted molar refractivity (Wildman–Crippen MR) is 74.6 cm³/mol. The van der Waals surface area contributed by atoms with Crippen LogP contribution in [0, 0.1) is 13.8 Å². The van der Waals surface area contributed by atoms with E-state index in [9.17, 15) is 9.59 Å². The fraction of sp³-hybridized carbons (Fsp3) is 0.467. The van der Waals surface area contributed by atoms with Gasteiger partial charge in [0.25, 0.3) is 0 Å². The molecule has 0 spiro atoms. The molecular formula is C15H21NO3. The van der Waals surface area contributed by atoms with Gasteiger partial charge in [0.2, 0.25) is 0 Å². The van der Waals surface area contributed by atoms with Crippen LogP contribution in [-0.4, -0.2) is 41.9 Å². The minimum atomic E-state index is -0.875. The Labute approximate surface area is 114 Å². The van der Waals surface area contributed by atoms with Crippen molar-refractivity contribution in [1.29, 1.82) is 0 Å². The molecule has 0 bridgehead atoms. The number of aliphatic carboxylic acids is 1. The molecule has 1 atom stereocenters. The number of rotatable bonds is 6. The van der Waals surface area contributed by atoms with E-state index in [0.717, 1.165) is 11.1 Å². The normalized spacial score (nSPS) is 12.5. The molecule has 1 rings (SSSR count). The molecule has 1 aromatic rings. The van der Waals surface area contributed by atoms with Crippen LogP contribution in [0.5, 0.6) is 0 Å². The molecule has 0 aliphatic carbocycles. The van der Waals surface area contributed by atoms with Crippen LogP contribution in [0.1, 0.15) is 34.3 Å². The van der Waals surface area contributed by atoms with E-state index in [1.54, 1.807) is 19.0 Å². The van der Waals surface area contributed by atoms with Gasteiger partial charge in [-0.3, -0.25) is 14.5 Å². The summed E-state index contributed by atoms with van der Waals surface area (Å²) in [6, 6.07) is 5.21. The number of hydrogen-bond donors (Lipinski definition) is 1. The summed E-state index contributed by atoms with van der Waals surface area (Å²) in [5.41, 5.74) is 2.86. The van der Waals surface area contributed by atoms with Gasteiger partial charge >= 0.3 is 5.97 Å². The van der Waals surface area contributed by atoms with E-state index in [1.165, 1.54) is 0 Å². The van der Waals surface area contributed by atoms with Crippen LogP contribution in [0.15, 0.2) is 18.2 Å². The van der Waals surface area contributed by atoms with Crippen molar-refractivity contribution in [2.75, 3.05) is 14.1 Å². The first-order valence-corrected chi connectivity index (χ1v) is 6.32. The predicted octanol–water partition coefficient (Wildman–Crippen LogP) is 2.28. The zero-order valence-electron chi connectivity index (χ0n) is 11.9. The number of carbonyl (C=O) groups is 2. The van der Waals surface area contributed by atoms with Gasteiger partial charge in [0.05, 0.1) is 6.04 Å². The molecule has 19 heavy (non-hydrogen) atoms. The molecule has 104 valence electrons. The Kier molecular flexibility index (Phi) is 5.24. The second-order valence-corrected chi connectivity index (χ2v) is 5.08. The van der Waals surface area contributed by atoms with E-state index in [2.05, 4.69) is 0 Å². The summed E-state index contributed by atoms with van der Waals surface area (Å²) in [6.45, 7) is 3.96. The van der Waals surface area contributed by atoms with E-state index in [4.69, 9.17) is 5.11 Å². The second-order valence-electron chi connectivity index (χ2n) is 5.08. The third-order valence-corrected chi connectivity index (χ3v) is 3.35. The number of benzene rings is 1. The third kappa shape index (κ3) is 4.17. The minimum absolute atomic E-state index is 0.000565. The average molecular weight is 263 g/mol. The maximum Gasteiger partial charge on any atom is 0.303 e. The molecule has 1 unspecified atom stereocenters. The van der Waals surface area contributed by atoms with Crippen LogP contribution < -0.4 is 0 Å². The molecule has 4 heteroatoms. The molecular weight excluding hydrogens is 242 g/mol. The number of hydrogen-bond acceptors (Lipinski definition) is 3. The van der Waals surface area contributed by atoms with Gasteiger partial charge in [-0.2, -0.15) is 0 Å². The van der Waals surface area contributed by atoms with Crippen molar-refractivity contribution < 1.29 is 14.7 Å². The molecule has 0 amide bonds. The Bertz CT molecular complexity index is 480. The first-order chi connectivity index (χ1) is 8.82. The molecule has 0 aliphatic rings. The van der Waals surface area contributed by atoms with E-state index in [1.807, 2.05) is 32.0 Å². The largest absolute Gasteiger partial charge is 0.481 e. The first-order valence-electron chi connectivity index (χ1n) is 6.32. The van der Waals surface area contributed by atoms with Gasteiger partial charge in [-0.25, -0.2) is 0 Å². The van der Waals surface area contributed by atoms with Crippen molar-refractivity contribution in [3.8, 4) is 0 Å². The fourth-order valence-electron chi connectivity index (χ4n) is 1.97. The number of likely N-dealkylation sites (N-methyl/N-ethyl adjacent to an activating group) is 1. The molecule has 1 N–H and O–H groups in total. The summed E-state index contributed by atoms with van der Waals surface area (Å²) in [5.74, 6) is -0.894. The van der Waals surface area contributed by atoms with Crippen molar-refractivity contribution in [1.82, 2.24) is 4.90 Å². The van der Waals surface area contributed by atoms with Gasteiger partial charge in [-0.1, -0.05) is 12.1 Å². The molecule has 0 radical (unpaired) electrons. The van der Waals surface area contributed by atoms with Crippen molar-refractivity contribution in [3.05, 3.63) is 34.9 Å². The lowest BCUT2D eigenvalue weighted by Crippen LogP contribution is -2.36. The zero-order valence-corrected chi connectivity index (χ0v) is 11.9. The number of nitrogens with zero attached hydrogens (tertiary/aromatic N) is 1. The summed E-state index contributed by atoms with van der Waals surface area (Å²) < 4.78 is 0. The molecule has 0 aliphatic heterocycles. The molecule has 1 aromatic carbocycles. The maximum atomic E-state index is 12.4. The fourth-order valence-corrected chi connectivity index (χ4v) is 1.97. The molecule has 0 saturated heterocycles. The van der Waals surface area contributed by atoms with E-state index in [0.29, 0.717) is 12.0 Å². The number of carboxylic acids is 1. The highest BCUT2D eigenvalue weighted by Crippen LogP contribution is 2.15. The van der Waals surface area contributed by atoms with Crippen molar-refractivity contribution in [2.45, 2.75) is 32.7 Å².